The summed E-state index contributed by atoms with van der Waals surface area (Å²) in [7, 11) is 0. The van der Waals surface area contributed by atoms with Crippen molar-refractivity contribution in [3.63, 3.8) is 0 Å². The van der Waals surface area contributed by atoms with Gasteiger partial charge in [0, 0.05) is 49.2 Å². The Kier molecular flexibility index (Phi) is 8.47. The predicted molar refractivity (Wildman–Crippen MR) is 154 cm³/mol. The van der Waals surface area contributed by atoms with E-state index < -0.39 is 6.03 Å². The fraction of sp³-hybridized carbons (Fsp3) is 0.276. The molecule has 3 aromatic rings. The molecule has 10 heteroatoms. The number of hydrogen-bond acceptors (Lipinski definition) is 7. The van der Waals surface area contributed by atoms with E-state index in [1.807, 2.05) is 43.0 Å². The molecule has 0 unspecified atom stereocenters. The summed E-state index contributed by atoms with van der Waals surface area (Å²) in [5.41, 5.74) is 8.32. The number of nitrogens with one attached hydrogen (secondary N) is 1. The number of hydrogen-bond donors (Lipinski definition) is 5. The van der Waals surface area contributed by atoms with Gasteiger partial charge in [-0.25, -0.2) is 9.69 Å². The van der Waals surface area contributed by atoms with Gasteiger partial charge >= 0.3 is 6.03 Å². The molecule has 0 saturated carbocycles. The molecule has 4 rings (SSSR count). The lowest BCUT2D eigenvalue weighted by atomic mass is 9.98. The van der Waals surface area contributed by atoms with E-state index in [1.165, 1.54) is 12.1 Å². The first-order valence-electron chi connectivity index (χ1n) is 12.7. The standard InChI is InChI=1S/C29H33N5O4S/c1-18(2)23-15-24(26(36)16-25(23)35)27(30)34(29(31)38)21-7-3-19(4-8-21)17-32-11-13-33(14-12-32)28(37)20-5-9-22(39)10-6-20/h3-10,15-16,18,30,35-36,39H,11-14,17H2,1-2H3,(H2,31,38). The van der Waals surface area contributed by atoms with Crippen molar-refractivity contribution in [2.75, 3.05) is 31.1 Å². The summed E-state index contributed by atoms with van der Waals surface area (Å²) in [5.74, 6) is -0.730. The number of phenolic OH excluding ortho intramolecular Hbond substituents is 2. The van der Waals surface area contributed by atoms with Crippen LogP contribution in [0.2, 0.25) is 0 Å². The third-order valence-corrected chi connectivity index (χ3v) is 7.14. The number of aromatic hydroxyl groups is 2. The van der Waals surface area contributed by atoms with Crippen LogP contribution in [0, 0.1) is 5.41 Å². The summed E-state index contributed by atoms with van der Waals surface area (Å²) in [5, 5.41) is 29.2. The molecule has 39 heavy (non-hydrogen) atoms. The zero-order valence-corrected chi connectivity index (χ0v) is 22.9. The molecule has 1 aliphatic heterocycles. The number of piperazine rings is 1. The van der Waals surface area contributed by atoms with Crippen LogP contribution >= 0.6 is 12.6 Å². The maximum absolute atomic E-state index is 12.8. The Balaban J connectivity index is 1.42. The Morgan fingerprint density at radius 1 is 0.974 bits per heavy atom. The van der Waals surface area contributed by atoms with Crippen molar-refractivity contribution in [1.82, 2.24) is 9.80 Å². The van der Waals surface area contributed by atoms with Crippen LogP contribution in [-0.2, 0) is 6.54 Å². The molecule has 0 radical (unpaired) electrons. The van der Waals surface area contributed by atoms with E-state index in [2.05, 4.69) is 17.5 Å². The molecule has 5 N–H and O–H groups in total. The zero-order chi connectivity index (χ0) is 28.3. The van der Waals surface area contributed by atoms with Crippen LogP contribution in [0.1, 0.15) is 46.8 Å². The van der Waals surface area contributed by atoms with Gasteiger partial charge in [-0.05, 0) is 59.5 Å². The van der Waals surface area contributed by atoms with Crippen LogP contribution in [0.15, 0.2) is 65.6 Å². The number of carbonyl (C=O) groups is 2. The number of phenols is 2. The van der Waals surface area contributed by atoms with Gasteiger partial charge in [-0.15, -0.1) is 12.6 Å². The van der Waals surface area contributed by atoms with Crippen LogP contribution in [-0.4, -0.2) is 64.0 Å². The topological polar surface area (TPSA) is 134 Å². The summed E-state index contributed by atoms with van der Waals surface area (Å²) in [6.45, 7) is 7.14. The molecule has 0 spiro atoms. The average molecular weight is 548 g/mol. The smallest absolute Gasteiger partial charge is 0.325 e. The highest BCUT2D eigenvalue weighted by molar-refractivity contribution is 7.80. The number of benzene rings is 3. The molecular weight excluding hydrogens is 514 g/mol. The quantitative estimate of drug-likeness (QED) is 0.177. The molecule has 0 aromatic heterocycles. The van der Waals surface area contributed by atoms with E-state index in [0.29, 0.717) is 36.4 Å². The van der Waals surface area contributed by atoms with E-state index in [0.717, 1.165) is 28.4 Å². The fourth-order valence-corrected chi connectivity index (χ4v) is 4.79. The highest BCUT2D eigenvalue weighted by Crippen LogP contribution is 2.33. The lowest BCUT2D eigenvalue weighted by Crippen LogP contribution is -2.48. The average Bonchev–Trinajstić information content (AvgIpc) is 2.90. The normalized spacial score (nSPS) is 13.9. The highest BCUT2D eigenvalue weighted by atomic mass is 32.1. The van der Waals surface area contributed by atoms with Crippen LogP contribution in [0.25, 0.3) is 0 Å². The van der Waals surface area contributed by atoms with Crippen molar-refractivity contribution in [3.8, 4) is 11.5 Å². The number of nitrogens with zero attached hydrogens (tertiary/aromatic N) is 3. The molecule has 9 nitrogen and oxygen atoms in total. The Morgan fingerprint density at radius 3 is 2.15 bits per heavy atom. The number of carbonyl (C=O) groups excluding carboxylic acids is 2. The van der Waals surface area contributed by atoms with Gasteiger partial charge in [0.15, 0.2) is 0 Å². The van der Waals surface area contributed by atoms with E-state index in [1.54, 1.807) is 24.3 Å². The molecule has 204 valence electrons. The summed E-state index contributed by atoms with van der Waals surface area (Å²) in [4.78, 5) is 31.1. The summed E-state index contributed by atoms with van der Waals surface area (Å²) in [6.07, 6.45) is 0. The number of amides is 3. The first kappa shape index (κ1) is 28.0. The van der Waals surface area contributed by atoms with Gasteiger partial charge in [-0.2, -0.15) is 0 Å². The number of primary amides is 1. The molecule has 1 saturated heterocycles. The Labute approximate surface area is 233 Å². The summed E-state index contributed by atoms with van der Waals surface area (Å²) in [6, 6.07) is 16.2. The number of urea groups is 1. The number of thiol groups is 1. The largest absolute Gasteiger partial charge is 0.508 e. The molecule has 0 aliphatic carbocycles. The maximum Gasteiger partial charge on any atom is 0.325 e. The minimum absolute atomic E-state index is 0.0153. The molecule has 1 aliphatic rings. The van der Waals surface area contributed by atoms with E-state index in [9.17, 15) is 19.8 Å². The molecule has 1 fully saturated rings. The lowest BCUT2D eigenvalue weighted by molar-refractivity contribution is 0.0628. The SMILES string of the molecule is CC(C)c1cc(C(=N)N(C(N)=O)c2ccc(CN3CCN(C(=O)c4ccc(S)cc4)CC3)cc2)c(O)cc1O. The number of anilines is 1. The van der Waals surface area contributed by atoms with Gasteiger partial charge < -0.3 is 20.8 Å². The van der Waals surface area contributed by atoms with E-state index in [4.69, 9.17) is 11.1 Å². The number of nitrogens with two attached hydrogens (primary N) is 1. The monoisotopic (exact) mass is 547 g/mol. The maximum atomic E-state index is 12.8. The van der Waals surface area contributed by atoms with Crippen LogP contribution in [0.5, 0.6) is 11.5 Å². The lowest BCUT2D eigenvalue weighted by Gasteiger charge is -2.35. The third kappa shape index (κ3) is 6.35. The third-order valence-electron chi connectivity index (χ3n) is 6.84. The van der Waals surface area contributed by atoms with Crippen molar-refractivity contribution in [1.29, 1.82) is 5.41 Å². The van der Waals surface area contributed by atoms with Crippen molar-refractivity contribution in [2.24, 2.45) is 5.73 Å². The Bertz CT molecular complexity index is 1370. The minimum Gasteiger partial charge on any atom is -0.508 e. The highest BCUT2D eigenvalue weighted by Gasteiger charge is 2.25. The minimum atomic E-state index is -0.865. The van der Waals surface area contributed by atoms with Gasteiger partial charge in [0.1, 0.15) is 17.3 Å². The Morgan fingerprint density at radius 2 is 1.59 bits per heavy atom. The zero-order valence-electron chi connectivity index (χ0n) is 22.0. The fourth-order valence-electron chi connectivity index (χ4n) is 4.64. The second-order valence-corrected chi connectivity index (χ2v) is 10.4. The molecular formula is C29H33N5O4S. The number of rotatable bonds is 6. The van der Waals surface area contributed by atoms with Crippen molar-refractivity contribution < 1.29 is 19.8 Å². The summed E-state index contributed by atoms with van der Waals surface area (Å²) < 4.78 is 0. The van der Waals surface area contributed by atoms with Gasteiger partial charge in [0.05, 0.1) is 11.3 Å². The molecule has 0 bridgehead atoms. The first-order chi connectivity index (χ1) is 18.5. The predicted octanol–water partition coefficient (Wildman–Crippen LogP) is 4.38. The molecule has 0 atom stereocenters. The van der Waals surface area contributed by atoms with Crippen LogP contribution in [0.4, 0.5) is 10.5 Å². The molecule has 3 amide bonds. The van der Waals surface area contributed by atoms with Gasteiger partial charge in [-0.3, -0.25) is 15.1 Å². The van der Waals surface area contributed by atoms with E-state index >= 15 is 0 Å². The van der Waals surface area contributed by atoms with Crippen molar-refractivity contribution >= 4 is 36.1 Å². The van der Waals surface area contributed by atoms with Gasteiger partial charge in [0.2, 0.25) is 0 Å². The first-order valence-corrected chi connectivity index (χ1v) is 13.1. The second-order valence-electron chi connectivity index (χ2n) is 9.89. The second kappa shape index (κ2) is 11.8. The van der Waals surface area contributed by atoms with Gasteiger partial charge in [0.25, 0.3) is 5.91 Å². The Hall–Kier alpha value is -4.02. The van der Waals surface area contributed by atoms with Crippen LogP contribution < -0.4 is 10.6 Å². The van der Waals surface area contributed by atoms with Gasteiger partial charge in [-0.1, -0.05) is 26.0 Å². The molecule has 3 aromatic carbocycles. The number of amidine groups is 1. The summed E-state index contributed by atoms with van der Waals surface area (Å²) >= 11 is 4.27. The van der Waals surface area contributed by atoms with Crippen molar-refractivity contribution in [2.45, 2.75) is 31.2 Å². The van der Waals surface area contributed by atoms with Crippen molar-refractivity contribution in [3.05, 3.63) is 82.9 Å². The van der Waals surface area contributed by atoms with E-state index in [-0.39, 0.29) is 34.7 Å². The van der Waals surface area contributed by atoms with Crippen LogP contribution in [0.3, 0.4) is 0 Å². The molecule has 1 heterocycles.